The van der Waals surface area contributed by atoms with Gasteiger partial charge in [-0.25, -0.2) is 0 Å². The maximum atomic E-state index is 12.7. The Hall–Kier alpha value is -2.16. The fraction of sp³-hybridized carbons (Fsp3) is 0.889. The van der Waals surface area contributed by atoms with Crippen molar-refractivity contribution < 1.29 is 38.1 Å². The first-order valence-electron chi connectivity index (χ1n) is 17.2. The normalized spacial score (nSPS) is 39.7. The Balaban J connectivity index is 1.68. The second-order valence-electron chi connectivity index (χ2n) is 16.3. The number of nitrogens with one attached hydrogen (secondary N) is 1. The van der Waals surface area contributed by atoms with E-state index in [-0.39, 0.29) is 76.1 Å². The van der Waals surface area contributed by atoms with Crippen LogP contribution in [0, 0.1) is 45.3 Å². The molecular weight excluding hydrogens is 574 g/mol. The van der Waals surface area contributed by atoms with Crippen molar-refractivity contribution in [2.24, 2.45) is 45.3 Å². The highest BCUT2D eigenvalue weighted by molar-refractivity contribution is 5.71. The van der Waals surface area contributed by atoms with Crippen LogP contribution in [-0.4, -0.2) is 61.9 Å². The molecule has 5 unspecified atom stereocenters. The van der Waals surface area contributed by atoms with Crippen molar-refractivity contribution in [1.82, 2.24) is 5.32 Å². The lowest BCUT2D eigenvalue weighted by atomic mass is 9.35. The standard InChI is InChI=1S/C36H59NO8/c1-22(38)43-26-20-28-33(6)16-14-29(44-23(2)39)32(4,5)27(33)13-18-34(28,7)35(8)17-12-25(31(26)35)36(9,45-24(3)40)15-11-19-37-21-30(41)42-10/h25-29,31,37H,11-21H2,1-10H3/t25?,26?,27?,28?,29-,31-,33-,34+,35+,36?/m0/s1. The number of hydrogen-bond donors (Lipinski definition) is 1. The molecule has 1 N–H and O–H groups in total. The molecule has 0 spiro atoms. The van der Waals surface area contributed by atoms with Gasteiger partial charge in [0.15, 0.2) is 0 Å². The van der Waals surface area contributed by atoms with Gasteiger partial charge in [-0.1, -0.05) is 34.6 Å². The predicted octanol–water partition coefficient (Wildman–Crippen LogP) is 6.01. The van der Waals surface area contributed by atoms with Gasteiger partial charge in [-0.3, -0.25) is 19.2 Å². The molecule has 0 bridgehead atoms. The minimum absolute atomic E-state index is 0.00209. The quantitative estimate of drug-likeness (QED) is 0.175. The summed E-state index contributed by atoms with van der Waals surface area (Å²) in [5.74, 6) is -0.339. The summed E-state index contributed by atoms with van der Waals surface area (Å²) in [6.07, 6.45) is 7.55. The smallest absolute Gasteiger partial charge is 0.319 e. The fourth-order valence-corrected chi connectivity index (χ4v) is 11.6. The molecule has 4 fully saturated rings. The van der Waals surface area contributed by atoms with Gasteiger partial charge in [0.25, 0.3) is 0 Å². The molecule has 0 aromatic heterocycles. The van der Waals surface area contributed by atoms with Crippen LogP contribution in [0.1, 0.15) is 120 Å². The zero-order valence-electron chi connectivity index (χ0n) is 29.5. The number of fused-ring (bicyclic) bond motifs is 5. The number of carbonyl (C=O) groups excluding carboxylic acids is 4. The molecule has 9 nitrogen and oxygen atoms in total. The minimum atomic E-state index is -0.742. The zero-order chi connectivity index (χ0) is 33.6. The second-order valence-corrected chi connectivity index (χ2v) is 16.3. The minimum Gasteiger partial charge on any atom is -0.468 e. The number of carbonyl (C=O) groups is 4. The van der Waals surface area contributed by atoms with Crippen molar-refractivity contribution in [3.05, 3.63) is 0 Å². The van der Waals surface area contributed by atoms with Gasteiger partial charge in [0, 0.05) is 38.0 Å². The van der Waals surface area contributed by atoms with Gasteiger partial charge in [0.1, 0.15) is 17.8 Å². The molecule has 0 radical (unpaired) electrons. The molecule has 0 amide bonds. The van der Waals surface area contributed by atoms with Crippen molar-refractivity contribution in [1.29, 1.82) is 0 Å². The van der Waals surface area contributed by atoms with Crippen molar-refractivity contribution in [2.75, 3.05) is 20.2 Å². The van der Waals surface area contributed by atoms with Gasteiger partial charge in [-0.2, -0.15) is 0 Å². The van der Waals surface area contributed by atoms with E-state index < -0.39 is 5.60 Å². The van der Waals surface area contributed by atoms with E-state index in [1.165, 1.54) is 27.9 Å². The number of methoxy groups -OCH3 is 1. The maximum absolute atomic E-state index is 12.7. The highest BCUT2D eigenvalue weighted by Crippen LogP contribution is 2.76. The molecule has 0 saturated heterocycles. The summed E-state index contributed by atoms with van der Waals surface area (Å²) in [6.45, 7) is 19.2. The van der Waals surface area contributed by atoms with Crippen LogP contribution in [0.25, 0.3) is 0 Å². The highest BCUT2D eigenvalue weighted by atomic mass is 16.6. The Morgan fingerprint density at radius 2 is 1.47 bits per heavy atom. The van der Waals surface area contributed by atoms with Crippen LogP contribution in [-0.2, 0) is 38.1 Å². The Morgan fingerprint density at radius 1 is 0.822 bits per heavy atom. The Kier molecular flexibility index (Phi) is 10.2. The van der Waals surface area contributed by atoms with Gasteiger partial charge in [0.05, 0.1) is 13.7 Å². The average Bonchev–Trinajstić information content (AvgIpc) is 3.30. The van der Waals surface area contributed by atoms with E-state index in [9.17, 15) is 19.2 Å². The second kappa shape index (κ2) is 12.8. The van der Waals surface area contributed by atoms with Crippen molar-refractivity contribution >= 4 is 23.9 Å². The number of rotatable bonds is 10. The van der Waals surface area contributed by atoms with Crippen molar-refractivity contribution in [2.45, 2.75) is 138 Å². The van der Waals surface area contributed by atoms with Crippen molar-refractivity contribution in [3.63, 3.8) is 0 Å². The lowest BCUT2D eigenvalue weighted by Gasteiger charge is -2.70. The summed E-state index contributed by atoms with van der Waals surface area (Å²) in [6, 6.07) is 0. The topological polar surface area (TPSA) is 117 Å². The lowest BCUT2D eigenvalue weighted by Crippen LogP contribution is -2.67. The van der Waals surface area contributed by atoms with E-state index in [2.05, 4.69) is 46.9 Å². The van der Waals surface area contributed by atoms with E-state index in [0.29, 0.717) is 24.8 Å². The van der Waals surface area contributed by atoms with E-state index in [1.807, 2.05) is 0 Å². The van der Waals surface area contributed by atoms with Gasteiger partial charge in [0.2, 0.25) is 0 Å². The van der Waals surface area contributed by atoms with Gasteiger partial charge >= 0.3 is 23.9 Å². The lowest BCUT2D eigenvalue weighted by molar-refractivity contribution is -0.253. The largest absolute Gasteiger partial charge is 0.468 e. The molecule has 0 heterocycles. The average molecular weight is 634 g/mol. The Bertz CT molecular complexity index is 1150. The fourth-order valence-electron chi connectivity index (χ4n) is 11.6. The molecule has 0 aromatic rings. The first kappa shape index (κ1) is 35.7. The van der Waals surface area contributed by atoms with E-state index in [0.717, 1.165) is 51.4 Å². The van der Waals surface area contributed by atoms with Gasteiger partial charge < -0.3 is 24.3 Å². The third-order valence-corrected chi connectivity index (χ3v) is 13.6. The molecule has 4 rings (SSSR count). The molecule has 9 heteroatoms. The molecular formula is C36H59NO8. The van der Waals surface area contributed by atoms with E-state index >= 15 is 0 Å². The maximum Gasteiger partial charge on any atom is 0.319 e. The summed E-state index contributed by atoms with van der Waals surface area (Å²) >= 11 is 0. The van der Waals surface area contributed by atoms with Crippen LogP contribution in [0.2, 0.25) is 0 Å². The van der Waals surface area contributed by atoms with Crippen LogP contribution in [0.3, 0.4) is 0 Å². The molecule has 4 aliphatic rings. The molecule has 4 saturated carbocycles. The summed E-state index contributed by atoms with van der Waals surface area (Å²) in [4.78, 5) is 48.9. The Labute approximate surface area is 270 Å². The molecule has 45 heavy (non-hydrogen) atoms. The first-order chi connectivity index (χ1) is 20.9. The van der Waals surface area contributed by atoms with Crippen LogP contribution in [0.4, 0.5) is 0 Å². The zero-order valence-corrected chi connectivity index (χ0v) is 29.5. The number of ether oxygens (including phenoxy) is 4. The third kappa shape index (κ3) is 6.28. The van der Waals surface area contributed by atoms with Crippen LogP contribution in [0.5, 0.6) is 0 Å². The summed E-state index contributed by atoms with van der Waals surface area (Å²) < 4.78 is 23.2. The molecule has 10 atom stereocenters. The molecule has 0 aliphatic heterocycles. The summed E-state index contributed by atoms with van der Waals surface area (Å²) in [5, 5.41) is 3.13. The monoisotopic (exact) mass is 633 g/mol. The van der Waals surface area contributed by atoms with Gasteiger partial charge in [-0.05, 0) is 99.3 Å². The first-order valence-corrected chi connectivity index (χ1v) is 17.2. The molecule has 256 valence electrons. The number of esters is 4. The van der Waals surface area contributed by atoms with Gasteiger partial charge in [-0.15, -0.1) is 0 Å². The SMILES string of the molecule is COC(=O)CNCCCC(C)(OC(C)=O)C1CC[C@]2(C)[C@@H]1C(OC(C)=O)CC1[C@@]3(C)CC[C@H](OC(C)=O)C(C)(C)C3CC[C@]12C. The summed E-state index contributed by atoms with van der Waals surface area (Å²) in [7, 11) is 1.37. The Morgan fingerprint density at radius 3 is 2.07 bits per heavy atom. The van der Waals surface area contributed by atoms with Crippen LogP contribution in [0.15, 0.2) is 0 Å². The molecule has 4 aliphatic carbocycles. The van der Waals surface area contributed by atoms with Crippen LogP contribution >= 0.6 is 0 Å². The van der Waals surface area contributed by atoms with E-state index in [1.54, 1.807) is 0 Å². The summed E-state index contributed by atoms with van der Waals surface area (Å²) in [5.41, 5.74) is -1.03. The third-order valence-electron chi connectivity index (χ3n) is 13.6. The van der Waals surface area contributed by atoms with Crippen molar-refractivity contribution in [3.8, 4) is 0 Å². The predicted molar refractivity (Wildman–Crippen MR) is 170 cm³/mol. The molecule has 0 aromatic carbocycles. The van der Waals surface area contributed by atoms with E-state index in [4.69, 9.17) is 18.9 Å². The highest BCUT2D eigenvalue weighted by Gasteiger charge is 2.72. The number of hydrogen-bond acceptors (Lipinski definition) is 9. The van der Waals surface area contributed by atoms with Crippen LogP contribution < -0.4 is 5.32 Å².